The van der Waals surface area contributed by atoms with E-state index in [1.165, 1.54) is 17.3 Å². The topological polar surface area (TPSA) is 16.1 Å². The van der Waals surface area contributed by atoms with Crippen LogP contribution in [0.25, 0.3) is 0 Å². The predicted octanol–water partition coefficient (Wildman–Crippen LogP) is 3.27. The van der Waals surface area contributed by atoms with Gasteiger partial charge in [0.05, 0.1) is 5.69 Å². The summed E-state index contributed by atoms with van der Waals surface area (Å²) in [7, 11) is 1.56. The summed E-state index contributed by atoms with van der Waals surface area (Å²) < 4.78 is 39.3. The first-order valence-electron chi connectivity index (χ1n) is 4.88. The Morgan fingerprint density at radius 1 is 0.941 bits per heavy atom. The van der Waals surface area contributed by atoms with Crippen molar-refractivity contribution in [1.82, 2.24) is 4.98 Å². The van der Waals surface area contributed by atoms with Crippen LogP contribution in [0.2, 0.25) is 0 Å². The Morgan fingerprint density at radius 3 is 2.18 bits per heavy atom. The molecule has 0 radical (unpaired) electrons. The first-order chi connectivity index (χ1) is 8.09. The molecule has 0 saturated carbocycles. The Labute approximate surface area is 96.3 Å². The van der Waals surface area contributed by atoms with Crippen LogP contribution in [0.4, 0.5) is 24.5 Å². The average Bonchev–Trinajstić information content (AvgIpc) is 2.34. The third-order valence-corrected chi connectivity index (χ3v) is 2.40. The van der Waals surface area contributed by atoms with Gasteiger partial charge >= 0.3 is 0 Å². The summed E-state index contributed by atoms with van der Waals surface area (Å²) >= 11 is 0. The van der Waals surface area contributed by atoms with Gasteiger partial charge < -0.3 is 4.90 Å². The normalized spacial score (nSPS) is 10.4. The molecule has 0 amide bonds. The molecule has 0 atom stereocenters. The fourth-order valence-corrected chi connectivity index (χ4v) is 1.48. The lowest BCUT2D eigenvalue weighted by molar-refractivity contribution is 0.495. The van der Waals surface area contributed by atoms with Crippen molar-refractivity contribution in [3.63, 3.8) is 0 Å². The van der Waals surface area contributed by atoms with Crippen LogP contribution >= 0.6 is 0 Å². The van der Waals surface area contributed by atoms with Crippen molar-refractivity contribution >= 4 is 11.4 Å². The Hall–Kier alpha value is -2.04. The van der Waals surface area contributed by atoms with Crippen LogP contribution in [0.15, 0.2) is 36.7 Å². The molecule has 17 heavy (non-hydrogen) atoms. The summed E-state index contributed by atoms with van der Waals surface area (Å²) in [4.78, 5) is 5.24. The van der Waals surface area contributed by atoms with Crippen LogP contribution < -0.4 is 4.90 Å². The molecule has 0 unspecified atom stereocenters. The van der Waals surface area contributed by atoms with Gasteiger partial charge in [-0.1, -0.05) is 0 Å². The summed E-state index contributed by atoms with van der Waals surface area (Å²) in [6, 6.07) is 4.63. The number of pyridine rings is 1. The molecular weight excluding hydrogens is 229 g/mol. The van der Waals surface area contributed by atoms with Crippen LogP contribution in [0.5, 0.6) is 0 Å². The monoisotopic (exact) mass is 238 g/mol. The number of hydrogen-bond acceptors (Lipinski definition) is 2. The number of nitrogens with zero attached hydrogens (tertiary/aromatic N) is 2. The van der Waals surface area contributed by atoms with Gasteiger partial charge in [-0.3, -0.25) is 4.98 Å². The van der Waals surface area contributed by atoms with Crippen molar-refractivity contribution in [3.05, 3.63) is 54.1 Å². The maximum Gasteiger partial charge on any atom is 0.161 e. The second kappa shape index (κ2) is 4.45. The highest BCUT2D eigenvalue weighted by Crippen LogP contribution is 2.27. The standard InChI is InChI=1S/C12H9F3N2/c1-17(8-2-4-16-5-3-8)12-7-10(14)9(13)6-11(12)15/h2-7H,1H3. The van der Waals surface area contributed by atoms with Gasteiger partial charge in [-0.2, -0.15) is 0 Å². The summed E-state index contributed by atoms with van der Waals surface area (Å²) in [6.07, 6.45) is 3.06. The predicted molar refractivity (Wildman–Crippen MR) is 58.6 cm³/mol. The minimum absolute atomic E-state index is 0.0323. The number of hydrogen-bond donors (Lipinski definition) is 0. The zero-order chi connectivity index (χ0) is 12.4. The third-order valence-electron chi connectivity index (χ3n) is 2.40. The fraction of sp³-hybridized carbons (Fsp3) is 0.0833. The molecule has 0 saturated heterocycles. The van der Waals surface area contributed by atoms with E-state index in [9.17, 15) is 13.2 Å². The molecule has 0 N–H and O–H groups in total. The summed E-state index contributed by atoms with van der Waals surface area (Å²) in [5.74, 6) is -3.10. The Balaban J connectivity index is 2.44. The maximum atomic E-state index is 13.5. The minimum Gasteiger partial charge on any atom is -0.342 e. The molecule has 0 aliphatic rings. The molecule has 0 aliphatic heterocycles. The highest BCUT2D eigenvalue weighted by Gasteiger charge is 2.14. The third kappa shape index (κ3) is 2.22. The van der Waals surface area contributed by atoms with E-state index >= 15 is 0 Å². The zero-order valence-electron chi connectivity index (χ0n) is 8.99. The number of rotatable bonds is 2. The van der Waals surface area contributed by atoms with Crippen molar-refractivity contribution in [1.29, 1.82) is 0 Å². The van der Waals surface area contributed by atoms with E-state index in [1.807, 2.05) is 0 Å². The van der Waals surface area contributed by atoms with Gasteiger partial charge in [0.2, 0.25) is 0 Å². The molecule has 2 nitrogen and oxygen atoms in total. The summed E-state index contributed by atoms with van der Waals surface area (Å²) in [6.45, 7) is 0. The SMILES string of the molecule is CN(c1ccncc1)c1cc(F)c(F)cc1F. The lowest BCUT2D eigenvalue weighted by Gasteiger charge is -2.19. The Kier molecular flexibility index (Phi) is 2.99. The van der Waals surface area contributed by atoms with Crippen molar-refractivity contribution in [2.75, 3.05) is 11.9 Å². The van der Waals surface area contributed by atoms with Crippen LogP contribution in [-0.2, 0) is 0 Å². The number of aromatic nitrogens is 1. The van der Waals surface area contributed by atoms with Gasteiger partial charge in [-0.05, 0) is 12.1 Å². The van der Waals surface area contributed by atoms with E-state index in [1.54, 1.807) is 19.2 Å². The molecule has 0 bridgehead atoms. The molecule has 1 aromatic heterocycles. The van der Waals surface area contributed by atoms with Gasteiger partial charge in [0.15, 0.2) is 11.6 Å². The molecule has 1 heterocycles. The van der Waals surface area contributed by atoms with Gasteiger partial charge in [0.25, 0.3) is 0 Å². The van der Waals surface area contributed by atoms with E-state index < -0.39 is 17.5 Å². The summed E-state index contributed by atoms with van der Waals surface area (Å²) in [5, 5.41) is 0. The fourth-order valence-electron chi connectivity index (χ4n) is 1.48. The van der Waals surface area contributed by atoms with Gasteiger partial charge in [-0.15, -0.1) is 0 Å². The minimum atomic E-state index is -1.20. The highest BCUT2D eigenvalue weighted by molar-refractivity contribution is 5.62. The number of benzene rings is 1. The quantitative estimate of drug-likeness (QED) is 0.746. The Morgan fingerprint density at radius 2 is 1.53 bits per heavy atom. The lowest BCUT2D eigenvalue weighted by Crippen LogP contribution is -2.12. The molecule has 2 aromatic rings. The molecular formula is C12H9F3N2. The van der Waals surface area contributed by atoms with Crippen molar-refractivity contribution in [2.24, 2.45) is 0 Å². The van der Waals surface area contributed by atoms with E-state index in [2.05, 4.69) is 4.98 Å². The van der Waals surface area contributed by atoms with E-state index in [0.29, 0.717) is 11.8 Å². The number of halogens is 3. The smallest absolute Gasteiger partial charge is 0.161 e. The van der Waals surface area contributed by atoms with Gasteiger partial charge in [-0.25, -0.2) is 13.2 Å². The average molecular weight is 238 g/mol. The molecule has 0 spiro atoms. The van der Waals surface area contributed by atoms with Crippen LogP contribution in [0.3, 0.4) is 0 Å². The molecule has 0 fully saturated rings. The van der Waals surface area contributed by atoms with E-state index in [4.69, 9.17) is 0 Å². The van der Waals surface area contributed by atoms with E-state index in [0.717, 1.165) is 6.07 Å². The molecule has 88 valence electrons. The van der Waals surface area contributed by atoms with Crippen LogP contribution in [-0.4, -0.2) is 12.0 Å². The van der Waals surface area contributed by atoms with Gasteiger partial charge in [0, 0.05) is 37.3 Å². The zero-order valence-corrected chi connectivity index (χ0v) is 8.99. The van der Waals surface area contributed by atoms with Crippen molar-refractivity contribution < 1.29 is 13.2 Å². The first-order valence-corrected chi connectivity index (χ1v) is 4.88. The number of anilines is 2. The van der Waals surface area contributed by atoms with Crippen molar-refractivity contribution in [2.45, 2.75) is 0 Å². The van der Waals surface area contributed by atoms with Crippen LogP contribution in [0.1, 0.15) is 0 Å². The Bertz CT molecular complexity index is 529. The molecule has 1 aromatic carbocycles. The maximum absolute atomic E-state index is 13.5. The van der Waals surface area contributed by atoms with Gasteiger partial charge in [0.1, 0.15) is 5.82 Å². The van der Waals surface area contributed by atoms with Crippen molar-refractivity contribution in [3.8, 4) is 0 Å². The summed E-state index contributed by atoms with van der Waals surface area (Å²) in [5.41, 5.74) is 0.597. The molecule has 0 aliphatic carbocycles. The molecule has 2 rings (SSSR count). The molecule has 5 heteroatoms. The first kappa shape index (κ1) is 11.4. The second-order valence-corrected chi connectivity index (χ2v) is 3.48. The largest absolute Gasteiger partial charge is 0.342 e. The van der Waals surface area contributed by atoms with E-state index in [-0.39, 0.29) is 5.69 Å². The highest BCUT2D eigenvalue weighted by atomic mass is 19.2. The lowest BCUT2D eigenvalue weighted by atomic mass is 10.2. The van der Waals surface area contributed by atoms with Crippen LogP contribution in [0, 0.1) is 17.5 Å². The second-order valence-electron chi connectivity index (χ2n) is 3.48.